The number of carboxylic acid groups (broad SMARTS) is 1. The minimum Gasteiger partial charge on any atom is -0.481 e. The van der Waals surface area contributed by atoms with Gasteiger partial charge in [0.05, 0.1) is 10.9 Å². The Morgan fingerprint density at radius 3 is 2.68 bits per heavy atom. The molecule has 2 unspecified atom stereocenters. The van der Waals surface area contributed by atoms with Crippen LogP contribution >= 0.6 is 27.5 Å². The highest BCUT2D eigenvalue weighted by Gasteiger charge is 2.25. The molecule has 1 amide bonds. The normalized spacial score (nSPS) is 21.4. The van der Waals surface area contributed by atoms with Crippen LogP contribution in [0.15, 0.2) is 34.8 Å². The van der Waals surface area contributed by atoms with Gasteiger partial charge >= 0.3 is 5.97 Å². The minimum absolute atomic E-state index is 0.247. The third kappa shape index (κ3) is 3.36. The third-order valence-corrected chi connectivity index (χ3v) is 4.11. The second-order valence-electron chi connectivity index (χ2n) is 4.27. The zero-order valence-electron chi connectivity index (χ0n) is 9.77. The summed E-state index contributed by atoms with van der Waals surface area (Å²) in [7, 11) is 0. The van der Waals surface area contributed by atoms with E-state index in [2.05, 4.69) is 21.2 Å². The molecule has 2 rings (SSSR count). The van der Waals surface area contributed by atoms with Crippen LogP contribution in [0, 0.1) is 5.92 Å². The number of rotatable bonds is 3. The Bertz CT molecular complexity index is 559. The van der Waals surface area contributed by atoms with Gasteiger partial charge in [0.2, 0.25) is 0 Å². The molecule has 4 nitrogen and oxygen atoms in total. The van der Waals surface area contributed by atoms with E-state index in [1.807, 2.05) is 0 Å². The highest BCUT2D eigenvalue weighted by Crippen LogP contribution is 2.24. The number of hydrogen-bond donors (Lipinski definition) is 2. The number of hydrogen-bond acceptors (Lipinski definition) is 2. The zero-order valence-corrected chi connectivity index (χ0v) is 12.1. The van der Waals surface area contributed by atoms with E-state index in [0.717, 1.165) is 0 Å². The van der Waals surface area contributed by atoms with Crippen molar-refractivity contribution < 1.29 is 14.7 Å². The Kier molecular flexibility index (Phi) is 4.27. The van der Waals surface area contributed by atoms with E-state index in [1.165, 1.54) is 0 Å². The lowest BCUT2D eigenvalue weighted by Gasteiger charge is -2.12. The van der Waals surface area contributed by atoms with Crippen LogP contribution in [-0.2, 0) is 4.79 Å². The van der Waals surface area contributed by atoms with Crippen LogP contribution in [0.1, 0.15) is 16.8 Å². The second-order valence-corrected chi connectivity index (χ2v) is 5.54. The molecule has 2 atom stereocenters. The van der Waals surface area contributed by atoms with Crippen LogP contribution in [0.5, 0.6) is 0 Å². The molecule has 0 saturated heterocycles. The summed E-state index contributed by atoms with van der Waals surface area (Å²) in [5.41, 5.74) is 0.475. The molecule has 0 radical (unpaired) electrons. The van der Waals surface area contributed by atoms with E-state index in [0.29, 0.717) is 21.5 Å². The van der Waals surface area contributed by atoms with Crippen molar-refractivity contribution in [2.24, 2.45) is 5.92 Å². The summed E-state index contributed by atoms with van der Waals surface area (Å²) in [6.45, 7) is 0. The lowest BCUT2D eigenvalue weighted by atomic mass is 10.1. The van der Waals surface area contributed by atoms with Crippen molar-refractivity contribution in [1.29, 1.82) is 0 Å². The fourth-order valence-electron chi connectivity index (χ4n) is 1.88. The van der Waals surface area contributed by atoms with Gasteiger partial charge in [-0.1, -0.05) is 23.8 Å². The molecule has 19 heavy (non-hydrogen) atoms. The fourth-order valence-corrected chi connectivity index (χ4v) is 2.37. The number of halogens is 2. The molecule has 0 fully saturated rings. The summed E-state index contributed by atoms with van der Waals surface area (Å²) in [5, 5.41) is 12.2. The van der Waals surface area contributed by atoms with Gasteiger partial charge in [0.25, 0.3) is 5.91 Å². The van der Waals surface area contributed by atoms with Crippen LogP contribution in [-0.4, -0.2) is 23.0 Å². The number of amides is 1. The Morgan fingerprint density at radius 2 is 2.11 bits per heavy atom. The monoisotopic (exact) mass is 343 g/mol. The highest BCUT2D eigenvalue weighted by molar-refractivity contribution is 9.10. The summed E-state index contributed by atoms with van der Waals surface area (Å²) in [5.74, 6) is -1.65. The fraction of sp³-hybridized carbons (Fsp3) is 0.231. The number of carboxylic acids is 1. The molecule has 1 aromatic carbocycles. The lowest BCUT2D eigenvalue weighted by Crippen LogP contribution is -2.33. The van der Waals surface area contributed by atoms with Crippen LogP contribution in [0.3, 0.4) is 0 Å². The lowest BCUT2D eigenvalue weighted by molar-refractivity contribution is -0.140. The summed E-state index contributed by atoms with van der Waals surface area (Å²) in [6.07, 6.45) is 3.70. The zero-order chi connectivity index (χ0) is 14.0. The SMILES string of the molecule is O=C(NC1C=CC(C(=O)O)C1)c1ccc(Cl)c(Br)c1. The van der Waals surface area contributed by atoms with Gasteiger partial charge in [0.1, 0.15) is 0 Å². The average Bonchev–Trinajstić information content (AvgIpc) is 2.81. The van der Waals surface area contributed by atoms with Crippen molar-refractivity contribution in [3.05, 3.63) is 45.4 Å². The minimum atomic E-state index is -0.873. The van der Waals surface area contributed by atoms with Crippen molar-refractivity contribution in [2.45, 2.75) is 12.5 Å². The maximum Gasteiger partial charge on any atom is 0.310 e. The largest absolute Gasteiger partial charge is 0.481 e. The van der Waals surface area contributed by atoms with Gasteiger partial charge < -0.3 is 10.4 Å². The molecule has 6 heteroatoms. The van der Waals surface area contributed by atoms with Crippen LogP contribution in [0.4, 0.5) is 0 Å². The molecular weight excluding hydrogens is 334 g/mol. The molecule has 0 spiro atoms. The van der Waals surface area contributed by atoms with Crippen molar-refractivity contribution in [3.8, 4) is 0 Å². The predicted molar refractivity (Wildman–Crippen MR) is 75.3 cm³/mol. The van der Waals surface area contributed by atoms with Gasteiger partial charge in [-0.25, -0.2) is 0 Å². The van der Waals surface area contributed by atoms with E-state index >= 15 is 0 Å². The van der Waals surface area contributed by atoms with Crippen LogP contribution in [0.25, 0.3) is 0 Å². The van der Waals surface area contributed by atoms with Gasteiger partial charge in [-0.3, -0.25) is 9.59 Å². The van der Waals surface area contributed by atoms with Crippen molar-refractivity contribution in [2.75, 3.05) is 0 Å². The molecule has 0 aliphatic heterocycles. The highest BCUT2D eigenvalue weighted by atomic mass is 79.9. The maximum atomic E-state index is 12.0. The van der Waals surface area contributed by atoms with E-state index in [1.54, 1.807) is 30.4 Å². The molecule has 1 aromatic rings. The number of benzene rings is 1. The first-order chi connectivity index (χ1) is 8.97. The maximum absolute atomic E-state index is 12.0. The van der Waals surface area contributed by atoms with Crippen LogP contribution < -0.4 is 5.32 Å². The Labute approximate surface area is 123 Å². The van der Waals surface area contributed by atoms with Gasteiger partial charge in [-0.05, 0) is 40.5 Å². The number of nitrogens with one attached hydrogen (secondary N) is 1. The van der Waals surface area contributed by atoms with Crippen LogP contribution in [0.2, 0.25) is 5.02 Å². The Hall–Kier alpha value is -1.33. The van der Waals surface area contributed by atoms with Crippen molar-refractivity contribution >= 4 is 39.4 Å². The van der Waals surface area contributed by atoms with Gasteiger partial charge in [0.15, 0.2) is 0 Å². The molecule has 0 aromatic heterocycles. The van der Waals surface area contributed by atoms with E-state index in [-0.39, 0.29) is 11.9 Å². The molecule has 1 aliphatic carbocycles. The summed E-state index contributed by atoms with van der Waals surface area (Å²) >= 11 is 9.11. The van der Waals surface area contributed by atoms with Crippen molar-refractivity contribution in [1.82, 2.24) is 5.32 Å². The number of carbonyl (C=O) groups is 2. The molecule has 1 aliphatic rings. The third-order valence-electron chi connectivity index (χ3n) is 2.90. The molecule has 0 saturated carbocycles. The first-order valence-electron chi connectivity index (χ1n) is 5.64. The summed E-state index contributed by atoms with van der Waals surface area (Å²) < 4.78 is 0.646. The quantitative estimate of drug-likeness (QED) is 0.829. The topological polar surface area (TPSA) is 66.4 Å². The molecule has 2 N–H and O–H groups in total. The van der Waals surface area contributed by atoms with E-state index in [4.69, 9.17) is 16.7 Å². The smallest absolute Gasteiger partial charge is 0.310 e. The average molecular weight is 345 g/mol. The number of aliphatic carboxylic acids is 1. The summed E-state index contributed by atoms with van der Waals surface area (Å²) in [4.78, 5) is 22.8. The molecule has 0 heterocycles. The first-order valence-corrected chi connectivity index (χ1v) is 6.81. The molecular formula is C13H11BrClNO3. The second kappa shape index (κ2) is 5.75. The van der Waals surface area contributed by atoms with Gasteiger partial charge in [-0.15, -0.1) is 0 Å². The number of carbonyl (C=O) groups excluding carboxylic acids is 1. The summed E-state index contributed by atoms with van der Waals surface area (Å²) in [6, 6.07) is 4.63. The predicted octanol–water partition coefficient (Wildman–Crippen LogP) is 2.86. The van der Waals surface area contributed by atoms with Crippen molar-refractivity contribution in [3.63, 3.8) is 0 Å². The Morgan fingerprint density at radius 1 is 1.37 bits per heavy atom. The van der Waals surface area contributed by atoms with Gasteiger partial charge in [0, 0.05) is 16.1 Å². The molecule has 0 bridgehead atoms. The van der Waals surface area contributed by atoms with E-state index in [9.17, 15) is 9.59 Å². The Balaban J connectivity index is 2.00. The van der Waals surface area contributed by atoms with E-state index < -0.39 is 11.9 Å². The standard InChI is InChI=1S/C13H11BrClNO3/c14-10-6-7(2-4-11(10)15)12(17)16-9-3-1-8(5-9)13(18)19/h1-4,6,8-9H,5H2,(H,16,17)(H,18,19). The first kappa shape index (κ1) is 14.1. The molecule has 100 valence electrons. The van der Waals surface area contributed by atoms with Gasteiger partial charge in [-0.2, -0.15) is 0 Å².